The van der Waals surface area contributed by atoms with E-state index in [1.54, 1.807) is 17.9 Å². The van der Waals surface area contributed by atoms with Gasteiger partial charge in [-0.15, -0.1) is 0 Å². The third kappa shape index (κ3) is 4.02. The van der Waals surface area contributed by atoms with E-state index in [1.165, 1.54) is 12.1 Å². The van der Waals surface area contributed by atoms with E-state index in [4.69, 9.17) is 4.74 Å². The fraction of sp³-hybridized carbons (Fsp3) is 0.350. The smallest absolute Gasteiger partial charge is 0.272 e. The van der Waals surface area contributed by atoms with Crippen LogP contribution in [0.4, 0.5) is 11.4 Å². The number of piperazine rings is 1. The highest BCUT2D eigenvalue weighted by molar-refractivity contribution is 5.95. The molecule has 0 aliphatic carbocycles. The van der Waals surface area contributed by atoms with Crippen molar-refractivity contribution in [3.05, 3.63) is 63.7 Å². The van der Waals surface area contributed by atoms with Gasteiger partial charge in [-0.2, -0.15) is 0 Å². The van der Waals surface area contributed by atoms with Gasteiger partial charge in [-0.1, -0.05) is 12.1 Å². The van der Waals surface area contributed by atoms with Crippen molar-refractivity contribution < 1.29 is 14.5 Å². The molecular formula is C20H23N3O4. The van der Waals surface area contributed by atoms with Crippen molar-refractivity contribution in [3.8, 4) is 5.75 Å². The summed E-state index contributed by atoms with van der Waals surface area (Å²) in [5, 5.41) is 10.9. The van der Waals surface area contributed by atoms with Crippen molar-refractivity contribution >= 4 is 17.3 Å². The second-order valence-corrected chi connectivity index (χ2v) is 6.44. The normalized spacial score (nSPS) is 14.1. The summed E-state index contributed by atoms with van der Waals surface area (Å²) in [6, 6.07) is 12.4. The Labute approximate surface area is 158 Å². The number of hydrogen-bond acceptors (Lipinski definition) is 5. The molecule has 3 rings (SSSR count). The molecule has 0 saturated carbocycles. The molecule has 1 amide bonds. The lowest BCUT2D eigenvalue weighted by Gasteiger charge is -2.36. The van der Waals surface area contributed by atoms with Gasteiger partial charge >= 0.3 is 0 Å². The minimum atomic E-state index is -0.432. The summed E-state index contributed by atoms with van der Waals surface area (Å²) < 4.78 is 5.70. The maximum atomic E-state index is 12.8. The predicted molar refractivity (Wildman–Crippen MR) is 104 cm³/mol. The van der Waals surface area contributed by atoms with Crippen LogP contribution in [0.1, 0.15) is 22.8 Å². The second-order valence-electron chi connectivity index (χ2n) is 6.44. The molecule has 0 aromatic heterocycles. The summed E-state index contributed by atoms with van der Waals surface area (Å²) in [7, 11) is 0. The molecule has 1 aliphatic rings. The summed E-state index contributed by atoms with van der Waals surface area (Å²) in [6.07, 6.45) is 0. The molecule has 0 unspecified atom stereocenters. The Morgan fingerprint density at radius 3 is 2.48 bits per heavy atom. The number of para-hydroxylation sites is 2. The molecule has 1 saturated heterocycles. The average molecular weight is 369 g/mol. The Hall–Kier alpha value is -3.09. The number of carbonyl (C=O) groups excluding carboxylic acids is 1. The number of hydrogen-bond donors (Lipinski definition) is 0. The van der Waals surface area contributed by atoms with Crippen molar-refractivity contribution in [2.75, 3.05) is 37.7 Å². The van der Waals surface area contributed by atoms with Gasteiger partial charge in [-0.05, 0) is 38.1 Å². The molecule has 27 heavy (non-hydrogen) atoms. The third-order valence-electron chi connectivity index (χ3n) is 4.71. The van der Waals surface area contributed by atoms with Crippen LogP contribution in [0.3, 0.4) is 0 Å². The largest absolute Gasteiger partial charge is 0.492 e. The number of nitro groups is 1. The lowest BCUT2D eigenvalue weighted by molar-refractivity contribution is -0.385. The Balaban J connectivity index is 1.68. The monoisotopic (exact) mass is 369 g/mol. The van der Waals surface area contributed by atoms with Crippen molar-refractivity contribution in [2.24, 2.45) is 0 Å². The Morgan fingerprint density at radius 2 is 1.85 bits per heavy atom. The summed E-state index contributed by atoms with van der Waals surface area (Å²) in [5.74, 6) is 0.761. The standard InChI is InChI=1S/C20H23N3O4/c1-3-27-19-7-5-4-6-18(19)21-10-12-22(13-11-21)20(24)16-8-9-17(23(25)26)15(2)14-16/h4-9,14H,3,10-13H2,1-2H3. The molecule has 2 aromatic rings. The molecule has 0 N–H and O–H groups in total. The zero-order valence-corrected chi connectivity index (χ0v) is 15.6. The number of aryl methyl sites for hydroxylation is 1. The number of ether oxygens (including phenoxy) is 1. The van der Waals surface area contributed by atoms with E-state index in [2.05, 4.69) is 4.90 Å². The minimum Gasteiger partial charge on any atom is -0.492 e. The molecule has 7 nitrogen and oxygen atoms in total. The van der Waals surface area contributed by atoms with Gasteiger partial charge in [0, 0.05) is 43.4 Å². The lowest BCUT2D eigenvalue weighted by Crippen LogP contribution is -2.48. The number of carbonyl (C=O) groups is 1. The van der Waals surface area contributed by atoms with Crippen molar-refractivity contribution in [1.29, 1.82) is 0 Å². The topological polar surface area (TPSA) is 75.9 Å². The van der Waals surface area contributed by atoms with Gasteiger partial charge in [0.05, 0.1) is 17.2 Å². The minimum absolute atomic E-state index is 0.0314. The highest BCUT2D eigenvalue weighted by Gasteiger charge is 2.24. The van der Waals surface area contributed by atoms with Crippen molar-refractivity contribution in [3.63, 3.8) is 0 Å². The number of nitro benzene ring substituents is 1. The first-order valence-corrected chi connectivity index (χ1v) is 9.02. The van der Waals surface area contributed by atoms with Gasteiger partial charge in [0.2, 0.25) is 0 Å². The summed E-state index contributed by atoms with van der Waals surface area (Å²) in [6.45, 7) is 6.82. The highest BCUT2D eigenvalue weighted by atomic mass is 16.6. The molecule has 0 atom stereocenters. The van der Waals surface area contributed by atoms with E-state index in [0.717, 1.165) is 11.4 Å². The molecule has 1 fully saturated rings. The first-order chi connectivity index (χ1) is 13.0. The van der Waals surface area contributed by atoms with Gasteiger partial charge in [0.15, 0.2) is 0 Å². The summed E-state index contributed by atoms with van der Waals surface area (Å²) >= 11 is 0. The van der Waals surface area contributed by atoms with Crippen LogP contribution in [-0.2, 0) is 0 Å². The van der Waals surface area contributed by atoms with Crippen LogP contribution >= 0.6 is 0 Å². The molecule has 0 bridgehead atoms. The third-order valence-corrected chi connectivity index (χ3v) is 4.71. The van der Waals surface area contributed by atoms with E-state index in [-0.39, 0.29) is 11.6 Å². The van der Waals surface area contributed by atoms with E-state index in [9.17, 15) is 14.9 Å². The Kier molecular flexibility index (Phi) is 5.59. The fourth-order valence-corrected chi connectivity index (χ4v) is 3.32. The van der Waals surface area contributed by atoms with E-state index < -0.39 is 4.92 Å². The number of amides is 1. The second kappa shape index (κ2) is 8.07. The Bertz CT molecular complexity index is 845. The predicted octanol–water partition coefficient (Wildman–Crippen LogP) is 3.26. The van der Waals surface area contributed by atoms with Crippen molar-refractivity contribution in [1.82, 2.24) is 4.90 Å². The quantitative estimate of drug-likeness (QED) is 0.597. The van der Waals surface area contributed by atoms with Gasteiger partial charge in [0.25, 0.3) is 11.6 Å². The van der Waals surface area contributed by atoms with Crippen LogP contribution < -0.4 is 9.64 Å². The first-order valence-electron chi connectivity index (χ1n) is 9.02. The van der Waals surface area contributed by atoms with Crippen LogP contribution in [-0.4, -0.2) is 48.5 Å². The first kappa shape index (κ1) is 18.7. The highest BCUT2D eigenvalue weighted by Crippen LogP contribution is 2.29. The van der Waals surface area contributed by atoms with E-state index >= 15 is 0 Å². The maximum Gasteiger partial charge on any atom is 0.272 e. The molecule has 7 heteroatoms. The van der Waals surface area contributed by atoms with E-state index in [0.29, 0.717) is 43.9 Å². The molecule has 142 valence electrons. The molecule has 0 spiro atoms. The van der Waals surface area contributed by atoms with E-state index in [1.807, 2.05) is 31.2 Å². The SMILES string of the molecule is CCOc1ccccc1N1CCN(C(=O)c2ccc([N+](=O)[O-])c(C)c2)CC1. The van der Waals surface area contributed by atoms with Crippen LogP contribution in [0.25, 0.3) is 0 Å². The number of anilines is 1. The molecular weight excluding hydrogens is 346 g/mol. The zero-order chi connectivity index (χ0) is 19.4. The number of rotatable bonds is 5. The summed E-state index contributed by atoms with van der Waals surface area (Å²) in [5.41, 5.74) is 2.05. The van der Waals surface area contributed by atoms with Crippen molar-refractivity contribution in [2.45, 2.75) is 13.8 Å². The average Bonchev–Trinajstić information content (AvgIpc) is 2.68. The van der Waals surface area contributed by atoms with Crippen LogP contribution in [0, 0.1) is 17.0 Å². The van der Waals surface area contributed by atoms with Gasteiger partial charge in [-0.25, -0.2) is 0 Å². The molecule has 2 aromatic carbocycles. The van der Waals surface area contributed by atoms with Crippen LogP contribution in [0.5, 0.6) is 5.75 Å². The van der Waals surface area contributed by atoms with Gasteiger partial charge < -0.3 is 14.5 Å². The molecule has 1 aliphatic heterocycles. The maximum absolute atomic E-state index is 12.8. The zero-order valence-electron chi connectivity index (χ0n) is 15.6. The molecule has 1 heterocycles. The van der Waals surface area contributed by atoms with Crippen LogP contribution in [0.2, 0.25) is 0 Å². The fourth-order valence-electron chi connectivity index (χ4n) is 3.32. The number of nitrogens with zero attached hydrogens (tertiary/aromatic N) is 3. The molecule has 0 radical (unpaired) electrons. The lowest BCUT2D eigenvalue weighted by atomic mass is 10.1. The van der Waals surface area contributed by atoms with Gasteiger partial charge in [0.1, 0.15) is 5.75 Å². The summed E-state index contributed by atoms with van der Waals surface area (Å²) in [4.78, 5) is 27.3. The number of benzene rings is 2. The van der Waals surface area contributed by atoms with Crippen LogP contribution in [0.15, 0.2) is 42.5 Å². The van der Waals surface area contributed by atoms with Gasteiger partial charge in [-0.3, -0.25) is 14.9 Å². The Morgan fingerprint density at radius 1 is 1.15 bits per heavy atom.